The standard InChI is InChI=1S/C19H15N5.C5H10O2/c1-23(11-13-5-3-2-4-6-13)18-10-20-17-9-14(7-8-16(17)21-18)15-12-24-19(15)22-24;1-5(2,3)7-4-6/h2-10,12H,11H2,1H3;4H,1-3H3. The van der Waals surface area contributed by atoms with E-state index >= 15 is 0 Å². The number of hydrogen-bond acceptors (Lipinski definition) is 6. The number of fused-ring (bicyclic) bond motifs is 2. The molecule has 0 spiro atoms. The smallest absolute Gasteiger partial charge is 0.293 e. The Hall–Kier alpha value is -3.74. The maximum Gasteiger partial charge on any atom is 0.293 e. The number of nitrogens with zero attached hydrogens (tertiary/aromatic N) is 5. The summed E-state index contributed by atoms with van der Waals surface area (Å²) in [6.45, 7) is 6.73. The lowest BCUT2D eigenvalue weighted by atomic mass is 10.1. The molecule has 0 saturated heterocycles. The highest BCUT2D eigenvalue weighted by atomic mass is 16.5. The Labute approximate surface area is 181 Å². The fourth-order valence-corrected chi connectivity index (χ4v) is 3.10. The van der Waals surface area contributed by atoms with Crippen LogP contribution in [0.3, 0.4) is 0 Å². The first-order valence-electron chi connectivity index (χ1n) is 10.1. The van der Waals surface area contributed by atoms with Crippen LogP contribution in [-0.2, 0) is 16.1 Å². The van der Waals surface area contributed by atoms with Crippen molar-refractivity contribution in [2.24, 2.45) is 0 Å². The summed E-state index contributed by atoms with van der Waals surface area (Å²) in [7, 11) is 2.04. The van der Waals surface area contributed by atoms with Crippen molar-refractivity contribution in [1.29, 1.82) is 0 Å². The second kappa shape index (κ2) is 8.18. The van der Waals surface area contributed by atoms with Gasteiger partial charge < -0.3 is 9.64 Å². The number of benzene rings is 2. The van der Waals surface area contributed by atoms with Crippen molar-refractivity contribution < 1.29 is 9.53 Å². The maximum atomic E-state index is 9.60. The molecule has 0 unspecified atom stereocenters. The first-order valence-corrected chi connectivity index (χ1v) is 10.1. The van der Waals surface area contributed by atoms with Gasteiger partial charge in [0.15, 0.2) is 5.82 Å². The Balaban J connectivity index is 0.000000289. The molecule has 31 heavy (non-hydrogen) atoms. The van der Waals surface area contributed by atoms with Gasteiger partial charge in [0.2, 0.25) is 0 Å². The monoisotopic (exact) mass is 415 g/mol. The zero-order chi connectivity index (χ0) is 22.0. The molecule has 0 saturated carbocycles. The molecule has 3 aromatic rings. The molecule has 0 N–H and O–H groups in total. The van der Waals surface area contributed by atoms with Crippen LogP contribution in [0, 0.1) is 0 Å². The molecule has 0 aliphatic carbocycles. The topological polar surface area (TPSA) is 73.1 Å². The summed E-state index contributed by atoms with van der Waals surface area (Å²) < 4.78 is 6.43. The summed E-state index contributed by atoms with van der Waals surface area (Å²) in [5, 5.41) is 4.20. The van der Waals surface area contributed by atoms with Crippen LogP contribution in [0.2, 0.25) is 0 Å². The van der Waals surface area contributed by atoms with Crippen molar-refractivity contribution in [1.82, 2.24) is 19.7 Å². The van der Waals surface area contributed by atoms with Gasteiger partial charge in [0, 0.05) is 25.4 Å². The molecule has 158 valence electrons. The van der Waals surface area contributed by atoms with E-state index in [4.69, 9.17) is 4.98 Å². The number of aromatic nitrogens is 4. The molecule has 7 heteroatoms. The predicted molar refractivity (Wildman–Crippen MR) is 121 cm³/mol. The first-order chi connectivity index (χ1) is 14.8. The Morgan fingerprint density at radius 3 is 2.45 bits per heavy atom. The van der Waals surface area contributed by atoms with Crippen molar-refractivity contribution in [3.63, 3.8) is 0 Å². The SMILES string of the molecule is CC(C)(C)OC=O.CN(Cc1ccccc1)c1cnc2cc(-c3cn4nc3-4)ccc2n1. The number of ether oxygens (including phenoxy) is 1. The lowest BCUT2D eigenvalue weighted by Gasteiger charge is -2.18. The largest absolute Gasteiger partial charge is 0.462 e. The normalized spacial score (nSPS) is 11.5. The Kier molecular flexibility index (Phi) is 5.42. The van der Waals surface area contributed by atoms with Crippen LogP contribution in [-0.4, -0.2) is 38.9 Å². The van der Waals surface area contributed by atoms with Gasteiger partial charge in [-0.3, -0.25) is 9.78 Å². The summed E-state index contributed by atoms with van der Waals surface area (Å²) in [5.41, 5.74) is 5.08. The first kappa shape index (κ1) is 20.5. The highest BCUT2D eigenvalue weighted by molar-refractivity contribution is 5.85. The van der Waals surface area contributed by atoms with Crippen molar-refractivity contribution in [3.8, 4) is 16.9 Å². The summed E-state index contributed by atoms with van der Waals surface area (Å²) in [6.07, 6.45) is 3.87. The van der Waals surface area contributed by atoms with Gasteiger partial charge in [0.25, 0.3) is 6.47 Å². The van der Waals surface area contributed by atoms with E-state index < -0.39 is 0 Å². The summed E-state index contributed by atoms with van der Waals surface area (Å²) >= 11 is 0. The van der Waals surface area contributed by atoms with Gasteiger partial charge in [-0.05, 0) is 44.0 Å². The molecule has 0 bridgehead atoms. The van der Waals surface area contributed by atoms with Crippen LogP contribution in [0.5, 0.6) is 0 Å². The van der Waals surface area contributed by atoms with E-state index in [-0.39, 0.29) is 5.60 Å². The van der Waals surface area contributed by atoms with Crippen molar-refractivity contribution >= 4 is 23.3 Å². The molecule has 5 rings (SSSR count). The van der Waals surface area contributed by atoms with Gasteiger partial charge in [-0.2, -0.15) is 0 Å². The molecule has 2 aliphatic rings. The minimum atomic E-state index is -0.318. The minimum Gasteiger partial charge on any atom is -0.462 e. The van der Waals surface area contributed by atoms with Gasteiger partial charge in [-0.15, -0.1) is 5.10 Å². The van der Waals surface area contributed by atoms with Gasteiger partial charge in [0.1, 0.15) is 11.4 Å². The molecular formula is C24H25N5O2. The fraction of sp³-hybridized carbons (Fsp3) is 0.250. The lowest BCUT2D eigenvalue weighted by molar-refractivity contribution is -0.138. The predicted octanol–water partition coefficient (Wildman–Crippen LogP) is 4.39. The quantitative estimate of drug-likeness (QED) is 0.397. The molecule has 2 aliphatic heterocycles. The van der Waals surface area contributed by atoms with E-state index in [2.05, 4.69) is 56.1 Å². The second-order valence-corrected chi connectivity index (χ2v) is 8.41. The summed E-state index contributed by atoms with van der Waals surface area (Å²) in [5.74, 6) is 1.95. The van der Waals surface area contributed by atoms with E-state index in [0.29, 0.717) is 6.47 Å². The van der Waals surface area contributed by atoms with E-state index in [0.717, 1.165) is 34.8 Å². The lowest BCUT2D eigenvalue weighted by Crippen LogP contribution is -2.17. The number of hydrogen-bond donors (Lipinski definition) is 0. The fourth-order valence-electron chi connectivity index (χ4n) is 3.10. The molecule has 0 amide bonds. The van der Waals surface area contributed by atoms with E-state index in [9.17, 15) is 4.79 Å². The average Bonchev–Trinajstić information content (AvgIpc) is 3.37. The Morgan fingerprint density at radius 1 is 1.10 bits per heavy atom. The Morgan fingerprint density at radius 2 is 1.87 bits per heavy atom. The molecule has 0 radical (unpaired) electrons. The van der Waals surface area contributed by atoms with E-state index in [1.54, 1.807) is 0 Å². The molecule has 7 nitrogen and oxygen atoms in total. The van der Waals surface area contributed by atoms with Crippen molar-refractivity contribution in [3.05, 3.63) is 66.5 Å². The molecule has 3 heterocycles. The molecule has 0 fully saturated rings. The third kappa shape index (κ3) is 4.88. The number of carbonyl (C=O) groups is 1. The number of rotatable bonds is 5. The van der Waals surface area contributed by atoms with Gasteiger partial charge in [-0.25, -0.2) is 9.67 Å². The van der Waals surface area contributed by atoms with Gasteiger partial charge in [-0.1, -0.05) is 36.4 Å². The molecule has 2 aromatic carbocycles. The van der Waals surface area contributed by atoms with Crippen LogP contribution in [0.4, 0.5) is 5.82 Å². The van der Waals surface area contributed by atoms with Crippen LogP contribution in [0.15, 0.2) is 60.9 Å². The average molecular weight is 415 g/mol. The summed E-state index contributed by atoms with van der Waals surface area (Å²) in [4.78, 5) is 21.1. The molecule has 1 aromatic heterocycles. The van der Waals surface area contributed by atoms with E-state index in [1.165, 1.54) is 11.1 Å². The zero-order valence-corrected chi connectivity index (χ0v) is 18.1. The molecule has 0 atom stereocenters. The third-order valence-corrected chi connectivity index (χ3v) is 4.77. The van der Waals surface area contributed by atoms with Crippen molar-refractivity contribution in [2.45, 2.75) is 32.9 Å². The maximum absolute atomic E-state index is 9.60. The van der Waals surface area contributed by atoms with Gasteiger partial charge >= 0.3 is 0 Å². The van der Waals surface area contributed by atoms with Crippen LogP contribution in [0.1, 0.15) is 26.3 Å². The van der Waals surface area contributed by atoms with Crippen LogP contribution >= 0.6 is 0 Å². The number of carbonyl (C=O) groups excluding carboxylic acids is 1. The second-order valence-electron chi connectivity index (χ2n) is 8.41. The van der Waals surface area contributed by atoms with Crippen LogP contribution < -0.4 is 4.90 Å². The van der Waals surface area contributed by atoms with Gasteiger partial charge in [0.05, 0.1) is 17.2 Å². The highest BCUT2D eigenvalue weighted by Crippen LogP contribution is 2.35. The number of anilines is 1. The highest BCUT2D eigenvalue weighted by Gasteiger charge is 2.25. The zero-order valence-electron chi connectivity index (χ0n) is 18.1. The Bertz CT molecular complexity index is 1210. The van der Waals surface area contributed by atoms with Crippen LogP contribution in [0.25, 0.3) is 28.0 Å². The third-order valence-electron chi connectivity index (χ3n) is 4.77. The van der Waals surface area contributed by atoms with Crippen molar-refractivity contribution in [2.75, 3.05) is 11.9 Å². The molecular weight excluding hydrogens is 390 g/mol. The summed E-state index contributed by atoms with van der Waals surface area (Å²) in [6, 6.07) is 16.6. The minimum absolute atomic E-state index is 0.318. The van der Waals surface area contributed by atoms with E-state index in [1.807, 2.05) is 57.0 Å².